The largest absolute Gasteiger partial charge is 0.355 e. The van der Waals surface area contributed by atoms with Gasteiger partial charge in [-0.3, -0.25) is 4.79 Å². The summed E-state index contributed by atoms with van der Waals surface area (Å²) < 4.78 is 15.7. The standard InChI is InChI=1S/C21H26FN7O/c1-3-5-23-8-15-4-6-28(12-15)19-10-24-18(9-25-19)21(30)27-16-7-17(22)20-26-14(2)11-29(20)13-16/h7,9-11,13,15,23H,3-6,8,12H2,1-2H3,(H,27,30)/t15-/m0/s1. The number of carbonyl (C=O) groups is 1. The third kappa shape index (κ3) is 4.40. The van der Waals surface area contributed by atoms with Crippen molar-refractivity contribution in [1.29, 1.82) is 0 Å². The van der Waals surface area contributed by atoms with Crippen LogP contribution in [0.2, 0.25) is 0 Å². The third-order valence-electron chi connectivity index (χ3n) is 5.23. The second-order valence-electron chi connectivity index (χ2n) is 7.71. The molecule has 1 amide bonds. The lowest BCUT2D eigenvalue weighted by molar-refractivity contribution is 0.102. The highest BCUT2D eigenvalue weighted by molar-refractivity contribution is 6.02. The van der Waals surface area contributed by atoms with E-state index >= 15 is 0 Å². The van der Waals surface area contributed by atoms with Crippen molar-refractivity contribution in [2.75, 3.05) is 36.4 Å². The average Bonchev–Trinajstić information content (AvgIpc) is 3.35. The van der Waals surface area contributed by atoms with Gasteiger partial charge >= 0.3 is 0 Å². The van der Waals surface area contributed by atoms with Crippen LogP contribution in [0, 0.1) is 18.7 Å². The van der Waals surface area contributed by atoms with Crippen molar-refractivity contribution in [2.24, 2.45) is 5.92 Å². The van der Waals surface area contributed by atoms with Crippen LogP contribution in [0.4, 0.5) is 15.9 Å². The number of anilines is 2. The Hall–Kier alpha value is -3.07. The molecule has 0 bridgehead atoms. The summed E-state index contributed by atoms with van der Waals surface area (Å²) in [6.07, 6.45) is 8.65. The van der Waals surface area contributed by atoms with Crippen molar-refractivity contribution < 1.29 is 9.18 Å². The van der Waals surface area contributed by atoms with E-state index in [1.54, 1.807) is 29.9 Å². The molecule has 0 unspecified atom stereocenters. The van der Waals surface area contributed by atoms with Gasteiger partial charge in [-0.25, -0.2) is 19.3 Å². The van der Waals surface area contributed by atoms with E-state index in [2.05, 4.69) is 37.4 Å². The van der Waals surface area contributed by atoms with E-state index in [1.165, 1.54) is 12.3 Å². The molecule has 0 radical (unpaired) electrons. The highest BCUT2D eigenvalue weighted by Crippen LogP contribution is 2.21. The zero-order chi connectivity index (χ0) is 21.1. The fraction of sp³-hybridized carbons (Fsp3) is 0.429. The van der Waals surface area contributed by atoms with E-state index in [0.29, 0.717) is 17.3 Å². The first kappa shape index (κ1) is 20.2. The zero-order valence-corrected chi connectivity index (χ0v) is 17.2. The van der Waals surface area contributed by atoms with E-state index in [0.717, 1.165) is 44.8 Å². The molecule has 1 saturated heterocycles. The topological polar surface area (TPSA) is 87.5 Å². The number of hydrogen-bond donors (Lipinski definition) is 2. The maximum absolute atomic E-state index is 14.2. The Balaban J connectivity index is 1.39. The molecule has 0 aliphatic carbocycles. The summed E-state index contributed by atoms with van der Waals surface area (Å²) in [6, 6.07) is 1.25. The SMILES string of the molecule is CCCNC[C@@H]1CCN(c2cnc(C(=O)Nc3cc(F)c4nc(C)cn4c3)cn2)C1. The molecule has 8 nitrogen and oxygen atoms in total. The monoisotopic (exact) mass is 411 g/mol. The molecule has 0 aromatic carbocycles. The highest BCUT2D eigenvalue weighted by atomic mass is 19.1. The van der Waals surface area contributed by atoms with E-state index < -0.39 is 11.7 Å². The molecular formula is C21H26FN7O. The normalized spacial score (nSPS) is 16.4. The number of imidazole rings is 1. The first-order valence-corrected chi connectivity index (χ1v) is 10.3. The first-order chi connectivity index (χ1) is 14.5. The number of amides is 1. The molecule has 0 spiro atoms. The molecule has 4 rings (SSSR count). The number of fused-ring (bicyclic) bond motifs is 1. The maximum atomic E-state index is 14.2. The summed E-state index contributed by atoms with van der Waals surface area (Å²) in [6.45, 7) is 7.86. The van der Waals surface area contributed by atoms with Crippen LogP contribution < -0.4 is 15.5 Å². The summed E-state index contributed by atoms with van der Waals surface area (Å²) in [5.41, 5.74) is 1.43. The van der Waals surface area contributed by atoms with Crippen LogP contribution in [-0.4, -0.2) is 51.4 Å². The van der Waals surface area contributed by atoms with E-state index in [-0.39, 0.29) is 11.3 Å². The Morgan fingerprint density at radius 2 is 2.17 bits per heavy atom. The second-order valence-corrected chi connectivity index (χ2v) is 7.71. The zero-order valence-electron chi connectivity index (χ0n) is 17.2. The van der Waals surface area contributed by atoms with Gasteiger partial charge in [-0.2, -0.15) is 0 Å². The molecule has 1 aliphatic rings. The molecule has 4 heterocycles. The van der Waals surface area contributed by atoms with E-state index in [4.69, 9.17) is 0 Å². The van der Waals surface area contributed by atoms with Crippen LogP contribution in [0.1, 0.15) is 35.9 Å². The molecule has 30 heavy (non-hydrogen) atoms. The Morgan fingerprint density at radius 3 is 2.93 bits per heavy atom. The summed E-state index contributed by atoms with van der Waals surface area (Å²) in [5, 5.41) is 6.14. The lowest BCUT2D eigenvalue weighted by Gasteiger charge is -2.17. The minimum Gasteiger partial charge on any atom is -0.355 e. The first-order valence-electron chi connectivity index (χ1n) is 10.3. The van der Waals surface area contributed by atoms with Crippen LogP contribution >= 0.6 is 0 Å². The minimum absolute atomic E-state index is 0.182. The Morgan fingerprint density at radius 1 is 1.30 bits per heavy atom. The average molecular weight is 411 g/mol. The molecule has 1 fully saturated rings. The van der Waals surface area contributed by atoms with Gasteiger partial charge in [0.15, 0.2) is 11.5 Å². The van der Waals surface area contributed by atoms with Gasteiger partial charge in [-0.1, -0.05) is 6.92 Å². The Labute approximate surface area is 174 Å². The number of aryl methyl sites for hydroxylation is 1. The van der Waals surface area contributed by atoms with Gasteiger partial charge in [-0.05, 0) is 38.8 Å². The number of nitrogens with one attached hydrogen (secondary N) is 2. The Bertz CT molecular complexity index is 1030. The molecule has 0 saturated carbocycles. The van der Waals surface area contributed by atoms with Crippen LogP contribution in [0.3, 0.4) is 0 Å². The van der Waals surface area contributed by atoms with Gasteiger partial charge < -0.3 is 19.9 Å². The van der Waals surface area contributed by atoms with Crippen molar-refractivity contribution in [3.05, 3.63) is 48.1 Å². The van der Waals surface area contributed by atoms with Crippen LogP contribution in [0.25, 0.3) is 5.65 Å². The predicted octanol–water partition coefficient (Wildman–Crippen LogP) is 2.65. The van der Waals surface area contributed by atoms with Gasteiger partial charge in [0.05, 0.1) is 23.8 Å². The quantitative estimate of drug-likeness (QED) is 0.581. The van der Waals surface area contributed by atoms with Crippen molar-refractivity contribution in [3.8, 4) is 0 Å². The number of rotatable bonds is 7. The Kier molecular flexibility index (Phi) is 5.89. The number of pyridine rings is 1. The number of hydrogen-bond acceptors (Lipinski definition) is 6. The number of carbonyl (C=O) groups excluding carboxylic acids is 1. The summed E-state index contributed by atoms with van der Waals surface area (Å²) in [4.78, 5) is 27.5. The number of halogens is 1. The molecule has 3 aromatic heterocycles. The van der Waals surface area contributed by atoms with Gasteiger partial charge in [-0.15, -0.1) is 0 Å². The van der Waals surface area contributed by atoms with Gasteiger partial charge in [0.1, 0.15) is 11.5 Å². The van der Waals surface area contributed by atoms with E-state index in [1.807, 2.05) is 0 Å². The smallest absolute Gasteiger partial charge is 0.275 e. The van der Waals surface area contributed by atoms with Gasteiger partial charge in [0, 0.05) is 31.5 Å². The molecule has 2 N–H and O–H groups in total. The fourth-order valence-corrected chi connectivity index (χ4v) is 3.73. The third-order valence-corrected chi connectivity index (χ3v) is 5.23. The van der Waals surface area contributed by atoms with Crippen molar-refractivity contribution >= 4 is 23.1 Å². The second kappa shape index (κ2) is 8.74. The van der Waals surface area contributed by atoms with Crippen molar-refractivity contribution in [3.63, 3.8) is 0 Å². The summed E-state index contributed by atoms with van der Waals surface area (Å²) in [5.74, 6) is 0.427. The molecular weight excluding hydrogens is 385 g/mol. The highest BCUT2D eigenvalue weighted by Gasteiger charge is 2.23. The predicted molar refractivity (Wildman–Crippen MR) is 113 cm³/mol. The maximum Gasteiger partial charge on any atom is 0.275 e. The lowest BCUT2D eigenvalue weighted by atomic mass is 10.1. The van der Waals surface area contributed by atoms with Gasteiger partial charge in [0.25, 0.3) is 5.91 Å². The van der Waals surface area contributed by atoms with Crippen LogP contribution in [0.15, 0.2) is 30.9 Å². The lowest BCUT2D eigenvalue weighted by Crippen LogP contribution is -2.27. The van der Waals surface area contributed by atoms with Crippen LogP contribution in [0.5, 0.6) is 0 Å². The molecule has 3 aromatic rings. The minimum atomic E-state index is -0.501. The molecule has 1 aliphatic heterocycles. The molecule has 158 valence electrons. The van der Waals surface area contributed by atoms with Gasteiger partial charge in [0.2, 0.25) is 0 Å². The summed E-state index contributed by atoms with van der Waals surface area (Å²) in [7, 11) is 0. The molecule has 1 atom stereocenters. The summed E-state index contributed by atoms with van der Waals surface area (Å²) >= 11 is 0. The van der Waals surface area contributed by atoms with Crippen molar-refractivity contribution in [1.82, 2.24) is 24.7 Å². The van der Waals surface area contributed by atoms with Crippen molar-refractivity contribution in [2.45, 2.75) is 26.7 Å². The fourth-order valence-electron chi connectivity index (χ4n) is 3.73. The molecule has 9 heteroatoms. The van der Waals surface area contributed by atoms with E-state index in [9.17, 15) is 9.18 Å². The number of aromatic nitrogens is 4. The van der Waals surface area contributed by atoms with Crippen LogP contribution in [-0.2, 0) is 0 Å². The number of nitrogens with zero attached hydrogens (tertiary/aromatic N) is 5.